The molecule has 1 amide bonds. The van der Waals surface area contributed by atoms with E-state index in [-0.39, 0.29) is 11.7 Å². The van der Waals surface area contributed by atoms with E-state index in [1.807, 2.05) is 24.3 Å². The lowest BCUT2D eigenvalue weighted by Crippen LogP contribution is -2.11. The molecular formula is C21H18FN5O2. The predicted molar refractivity (Wildman–Crippen MR) is 106 cm³/mol. The molecule has 2 N–H and O–H groups in total. The molecule has 0 saturated heterocycles. The number of methoxy groups -OCH3 is 1. The maximum atomic E-state index is 13.0. The van der Waals surface area contributed by atoms with Crippen LogP contribution in [0.3, 0.4) is 0 Å². The molecule has 0 unspecified atom stereocenters. The number of nitrogens with zero attached hydrogens (tertiary/aromatic N) is 3. The zero-order chi connectivity index (χ0) is 20.2. The van der Waals surface area contributed by atoms with Crippen molar-refractivity contribution in [3.63, 3.8) is 0 Å². The van der Waals surface area contributed by atoms with Crippen molar-refractivity contribution in [1.29, 1.82) is 0 Å². The fraction of sp³-hybridized carbons (Fsp3) is 0.0952. The quantitative estimate of drug-likeness (QED) is 0.525. The van der Waals surface area contributed by atoms with Gasteiger partial charge in [-0.2, -0.15) is 10.2 Å². The normalized spacial score (nSPS) is 10.7. The molecule has 4 rings (SSSR count). The Balaban J connectivity index is 1.41. The number of H-pyrrole nitrogens is 1. The first kappa shape index (κ1) is 18.4. The monoisotopic (exact) mass is 391 g/mol. The van der Waals surface area contributed by atoms with Gasteiger partial charge < -0.3 is 10.1 Å². The van der Waals surface area contributed by atoms with Gasteiger partial charge in [0.15, 0.2) is 0 Å². The minimum atomic E-state index is -0.321. The number of rotatable bonds is 6. The first-order valence-electron chi connectivity index (χ1n) is 8.89. The van der Waals surface area contributed by atoms with E-state index in [1.165, 1.54) is 12.1 Å². The maximum Gasteiger partial charge on any atom is 0.273 e. The van der Waals surface area contributed by atoms with E-state index in [2.05, 4.69) is 20.6 Å². The molecular weight excluding hydrogens is 373 g/mol. The van der Waals surface area contributed by atoms with Gasteiger partial charge in [0.25, 0.3) is 5.91 Å². The molecule has 8 heteroatoms. The van der Waals surface area contributed by atoms with Gasteiger partial charge in [0, 0.05) is 11.8 Å². The fourth-order valence-corrected chi connectivity index (χ4v) is 2.84. The first-order chi connectivity index (χ1) is 14.1. The summed E-state index contributed by atoms with van der Waals surface area (Å²) in [7, 11) is 1.60. The van der Waals surface area contributed by atoms with E-state index in [0.29, 0.717) is 23.6 Å². The van der Waals surface area contributed by atoms with Gasteiger partial charge in [0.2, 0.25) is 0 Å². The van der Waals surface area contributed by atoms with E-state index < -0.39 is 0 Å². The van der Waals surface area contributed by atoms with Crippen LogP contribution in [0, 0.1) is 5.82 Å². The third-order valence-electron chi connectivity index (χ3n) is 4.36. The van der Waals surface area contributed by atoms with Gasteiger partial charge in [-0.05, 0) is 48.0 Å². The second-order valence-corrected chi connectivity index (χ2v) is 6.40. The number of carbonyl (C=O) groups is 1. The zero-order valence-electron chi connectivity index (χ0n) is 15.6. The minimum absolute atomic E-state index is 0.282. The number of hydrogen-bond acceptors (Lipinski definition) is 4. The molecule has 0 aliphatic carbocycles. The number of aromatic amines is 1. The van der Waals surface area contributed by atoms with Crippen LogP contribution in [-0.2, 0) is 6.54 Å². The van der Waals surface area contributed by atoms with Crippen molar-refractivity contribution >= 4 is 11.6 Å². The van der Waals surface area contributed by atoms with Gasteiger partial charge in [-0.15, -0.1) is 0 Å². The first-order valence-corrected chi connectivity index (χ1v) is 8.89. The molecule has 2 aromatic carbocycles. The average Bonchev–Trinajstić information content (AvgIpc) is 3.40. The Morgan fingerprint density at radius 3 is 2.66 bits per heavy atom. The molecule has 0 fully saturated rings. The van der Waals surface area contributed by atoms with Crippen LogP contribution in [-0.4, -0.2) is 33.0 Å². The van der Waals surface area contributed by atoms with Crippen LogP contribution in [0.2, 0.25) is 0 Å². The highest BCUT2D eigenvalue weighted by Gasteiger charge is 2.12. The van der Waals surface area contributed by atoms with Gasteiger partial charge in [-0.25, -0.2) is 4.39 Å². The van der Waals surface area contributed by atoms with Gasteiger partial charge in [-0.3, -0.25) is 14.6 Å². The Labute approximate surface area is 166 Å². The number of nitrogens with one attached hydrogen (secondary N) is 2. The number of hydrogen-bond donors (Lipinski definition) is 2. The van der Waals surface area contributed by atoms with Crippen molar-refractivity contribution < 1.29 is 13.9 Å². The van der Waals surface area contributed by atoms with Gasteiger partial charge in [0.1, 0.15) is 17.3 Å². The summed E-state index contributed by atoms with van der Waals surface area (Å²) >= 11 is 0. The Bertz CT molecular complexity index is 1120. The smallest absolute Gasteiger partial charge is 0.273 e. The standard InChI is InChI=1S/C21H18FN5O2/c1-29-18-8-4-15(5-9-18)19-10-20(26-25-19)21(28)24-17-11-23-27(13-17)12-14-2-6-16(22)7-3-14/h2-11,13H,12H2,1H3,(H,24,28)(H,25,26). The molecule has 0 spiro atoms. The molecule has 0 radical (unpaired) electrons. The summed E-state index contributed by atoms with van der Waals surface area (Å²) in [5.41, 5.74) is 3.32. The summed E-state index contributed by atoms with van der Waals surface area (Å²) in [6.45, 7) is 0.474. The number of anilines is 1. The summed E-state index contributed by atoms with van der Waals surface area (Å²) in [5, 5.41) is 13.9. The van der Waals surface area contributed by atoms with Gasteiger partial charge in [-0.1, -0.05) is 12.1 Å². The van der Waals surface area contributed by atoms with E-state index in [4.69, 9.17) is 4.74 Å². The summed E-state index contributed by atoms with van der Waals surface area (Å²) in [4.78, 5) is 12.5. The summed E-state index contributed by atoms with van der Waals surface area (Å²) in [6.07, 6.45) is 3.27. The number of benzene rings is 2. The Hall–Kier alpha value is -3.94. The molecule has 2 heterocycles. The van der Waals surface area contributed by atoms with Crippen LogP contribution in [0.5, 0.6) is 5.75 Å². The number of aromatic nitrogens is 4. The van der Waals surface area contributed by atoms with E-state index in [0.717, 1.165) is 16.9 Å². The van der Waals surface area contributed by atoms with E-state index in [1.54, 1.807) is 42.4 Å². The van der Waals surface area contributed by atoms with E-state index >= 15 is 0 Å². The Kier molecular flexibility index (Phi) is 5.07. The molecule has 0 aliphatic rings. The molecule has 0 bridgehead atoms. The molecule has 0 atom stereocenters. The van der Waals surface area contributed by atoms with Crippen LogP contribution < -0.4 is 10.1 Å². The highest BCUT2D eigenvalue weighted by Crippen LogP contribution is 2.21. The molecule has 29 heavy (non-hydrogen) atoms. The molecule has 0 aliphatic heterocycles. The fourth-order valence-electron chi connectivity index (χ4n) is 2.84. The van der Waals surface area contributed by atoms with Crippen molar-refractivity contribution in [1.82, 2.24) is 20.0 Å². The number of halogens is 1. The lowest BCUT2D eigenvalue weighted by atomic mass is 10.1. The molecule has 0 saturated carbocycles. The van der Waals surface area contributed by atoms with Crippen LogP contribution in [0.15, 0.2) is 67.0 Å². The second kappa shape index (κ2) is 7.97. The van der Waals surface area contributed by atoms with Crippen molar-refractivity contribution in [3.05, 3.63) is 84.1 Å². The highest BCUT2D eigenvalue weighted by atomic mass is 19.1. The Morgan fingerprint density at radius 2 is 1.93 bits per heavy atom. The van der Waals surface area contributed by atoms with Gasteiger partial charge in [0.05, 0.1) is 31.2 Å². The summed E-state index contributed by atoms with van der Waals surface area (Å²) in [6, 6.07) is 15.3. The third-order valence-corrected chi connectivity index (χ3v) is 4.36. The lowest BCUT2D eigenvalue weighted by Gasteiger charge is -2.02. The summed E-state index contributed by atoms with van der Waals surface area (Å²) < 4.78 is 19.8. The highest BCUT2D eigenvalue weighted by molar-refractivity contribution is 6.03. The van der Waals surface area contributed by atoms with Crippen LogP contribution in [0.4, 0.5) is 10.1 Å². The van der Waals surface area contributed by atoms with Crippen molar-refractivity contribution in [2.75, 3.05) is 12.4 Å². The van der Waals surface area contributed by atoms with Crippen molar-refractivity contribution in [2.45, 2.75) is 6.54 Å². The van der Waals surface area contributed by atoms with Crippen molar-refractivity contribution in [2.24, 2.45) is 0 Å². The van der Waals surface area contributed by atoms with E-state index in [9.17, 15) is 9.18 Å². The second-order valence-electron chi connectivity index (χ2n) is 6.40. The van der Waals surface area contributed by atoms with Gasteiger partial charge >= 0.3 is 0 Å². The number of carbonyl (C=O) groups excluding carboxylic acids is 1. The predicted octanol–water partition coefficient (Wildman–Crippen LogP) is 3.72. The zero-order valence-corrected chi connectivity index (χ0v) is 15.6. The Morgan fingerprint density at radius 1 is 1.17 bits per heavy atom. The summed E-state index contributed by atoms with van der Waals surface area (Å²) in [5.74, 6) is 0.147. The largest absolute Gasteiger partial charge is 0.497 e. The number of ether oxygens (including phenoxy) is 1. The number of amides is 1. The van der Waals surface area contributed by atoms with Crippen LogP contribution in [0.1, 0.15) is 16.1 Å². The van der Waals surface area contributed by atoms with Crippen molar-refractivity contribution in [3.8, 4) is 17.0 Å². The molecule has 146 valence electrons. The SMILES string of the molecule is COc1ccc(-c2cc(C(=O)Nc3cnn(Cc4ccc(F)cc4)c3)[nH]n2)cc1. The molecule has 4 aromatic rings. The molecule has 7 nitrogen and oxygen atoms in total. The average molecular weight is 391 g/mol. The van der Waals surface area contributed by atoms with Crippen LogP contribution in [0.25, 0.3) is 11.3 Å². The topological polar surface area (TPSA) is 84.8 Å². The van der Waals surface area contributed by atoms with Crippen LogP contribution >= 0.6 is 0 Å². The molecule has 2 aromatic heterocycles. The minimum Gasteiger partial charge on any atom is -0.497 e. The lowest BCUT2D eigenvalue weighted by molar-refractivity contribution is 0.102. The third kappa shape index (κ3) is 4.32. The maximum absolute atomic E-state index is 13.0.